The van der Waals surface area contributed by atoms with E-state index in [1.807, 2.05) is 20.2 Å². The predicted octanol–water partition coefficient (Wildman–Crippen LogP) is 0.784. The zero-order chi connectivity index (χ0) is 10.6. The Morgan fingerprint density at radius 2 is 2.50 bits per heavy atom. The molecule has 5 nitrogen and oxygen atoms in total. The first-order valence-corrected chi connectivity index (χ1v) is 4.44. The summed E-state index contributed by atoms with van der Waals surface area (Å²) < 4.78 is 6.27. The number of aryl methyl sites for hydroxylation is 1. The lowest BCUT2D eigenvalue weighted by molar-refractivity contribution is -0.140. The number of rotatable bonds is 4. The summed E-state index contributed by atoms with van der Waals surface area (Å²) in [7, 11) is 3.23. The molecule has 0 saturated heterocycles. The van der Waals surface area contributed by atoms with Crippen LogP contribution in [0.15, 0.2) is 12.4 Å². The number of hydrogen-bond donors (Lipinski definition) is 1. The van der Waals surface area contributed by atoms with Crippen molar-refractivity contribution in [2.75, 3.05) is 12.4 Å². The van der Waals surface area contributed by atoms with E-state index in [1.54, 1.807) is 10.9 Å². The average molecular weight is 197 g/mol. The van der Waals surface area contributed by atoms with E-state index in [0.29, 0.717) is 6.42 Å². The van der Waals surface area contributed by atoms with Crippen LogP contribution in [0.3, 0.4) is 0 Å². The molecular weight excluding hydrogens is 182 g/mol. The third kappa shape index (κ3) is 3.08. The molecule has 5 heteroatoms. The number of ether oxygens (including phenoxy) is 1. The van der Waals surface area contributed by atoms with Crippen LogP contribution in [-0.4, -0.2) is 28.9 Å². The molecule has 14 heavy (non-hydrogen) atoms. The van der Waals surface area contributed by atoms with Crippen molar-refractivity contribution in [2.45, 2.75) is 19.4 Å². The second kappa shape index (κ2) is 4.64. The Kier molecular flexibility index (Phi) is 3.50. The fraction of sp³-hybridized carbons (Fsp3) is 0.556. The molecule has 0 radical (unpaired) electrons. The lowest BCUT2D eigenvalue weighted by atomic mass is 10.2. The normalized spacial score (nSPS) is 12.2. The molecule has 0 spiro atoms. The van der Waals surface area contributed by atoms with Crippen LogP contribution >= 0.6 is 0 Å². The summed E-state index contributed by atoms with van der Waals surface area (Å²) in [5, 5.41) is 7.15. The van der Waals surface area contributed by atoms with Gasteiger partial charge in [0.2, 0.25) is 0 Å². The monoisotopic (exact) mass is 197 g/mol. The number of carbonyl (C=O) groups excluding carboxylic acids is 1. The van der Waals surface area contributed by atoms with Crippen LogP contribution in [0.1, 0.15) is 13.3 Å². The maximum Gasteiger partial charge on any atom is 0.307 e. The molecular formula is C9H15N3O2. The molecule has 0 aliphatic carbocycles. The van der Waals surface area contributed by atoms with Gasteiger partial charge in [-0.05, 0) is 6.92 Å². The van der Waals surface area contributed by atoms with Gasteiger partial charge < -0.3 is 10.1 Å². The molecule has 1 N–H and O–H groups in total. The first-order valence-electron chi connectivity index (χ1n) is 4.44. The Bertz CT molecular complexity index is 309. The maximum absolute atomic E-state index is 10.9. The Labute approximate surface area is 83.1 Å². The van der Waals surface area contributed by atoms with E-state index in [-0.39, 0.29) is 12.0 Å². The van der Waals surface area contributed by atoms with Crippen LogP contribution in [-0.2, 0) is 16.6 Å². The molecule has 0 aromatic carbocycles. The van der Waals surface area contributed by atoms with Gasteiger partial charge in [-0.2, -0.15) is 5.10 Å². The molecule has 1 atom stereocenters. The number of carbonyl (C=O) groups is 1. The molecule has 1 unspecified atom stereocenters. The number of methoxy groups -OCH3 is 1. The third-order valence-electron chi connectivity index (χ3n) is 1.82. The minimum Gasteiger partial charge on any atom is -0.469 e. The topological polar surface area (TPSA) is 56.1 Å². The summed E-state index contributed by atoms with van der Waals surface area (Å²) in [5.74, 6) is -0.214. The average Bonchev–Trinajstić information content (AvgIpc) is 2.50. The van der Waals surface area contributed by atoms with Crippen LogP contribution in [0, 0.1) is 0 Å². The Hall–Kier alpha value is -1.52. The lowest BCUT2D eigenvalue weighted by Crippen LogP contribution is -2.19. The summed E-state index contributed by atoms with van der Waals surface area (Å²) in [6.07, 6.45) is 3.92. The van der Waals surface area contributed by atoms with E-state index < -0.39 is 0 Å². The van der Waals surface area contributed by atoms with E-state index in [9.17, 15) is 4.79 Å². The highest BCUT2D eigenvalue weighted by Gasteiger charge is 2.09. The van der Waals surface area contributed by atoms with Crippen molar-refractivity contribution in [3.05, 3.63) is 12.4 Å². The highest BCUT2D eigenvalue weighted by atomic mass is 16.5. The molecule has 0 saturated carbocycles. The van der Waals surface area contributed by atoms with Crippen molar-refractivity contribution < 1.29 is 9.53 Å². The number of aromatic nitrogens is 2. The molecule has 1 aromatic heterocycles. The van der Waals surface area contributed by atoms with Crippen molar-refractivity contribution in [3.8, 4) is 0 Å². The van der Waals surface area contributed by atoms with Gasteiger partial charge in [0.15, 0.2) is 0 Å². The summed E-state index contributed by atoms with van der Waals surface area (Å²) >= 11 is 0. The van der Waals surface area contributed by atoms with Gasteiger partial charge in [0, 0.05) is 19.3 Å². The highest BCUT2D eigenvalue weighted by molar-refractivity contribution is 5.70. The van der Waals surface area contributed by atoms with Crippen molar-refractivity contribution >= 4 is 11.7 Å². The van der Waals surface area contributed by atoms with Gasteiger partial charge >= 0.3 is 5.97 Å². The van der Waals surface area contributed by atoms with Gasteiger partial charge in [-0.25, -0.2) is 0 Å². The van der Waals surface area contributed by atoms with Crippen molar-refractivity contribution in [3.63, 3.8) is 0 Å². The fourth-order valence-corrected chi connectivity index (χ4v) is 1.16. The summed E-state index contributed by atoms with van der Waals surface area (Å²) in [5.41, 5.74) is 0.906. The molecule has 1 aromatic rings. The zero-order valence-electron chi connectivity index (χ0n) is 8.65. The quantitative estimate of drug-likeness (QED) is 0.725. The number of hydrogen-bond acceptors (Lipinski definition) is 4. The second-order valence-corrected chi connectivity index (χ2v) is 3.23. The number of nitrogens with zero attached hydrogens (tertiary/aromatic N) is 2. The fourth-order valence-electron chi connectivity index (χ4n) is 1.16. The van der Waals surface area contributed by atoms with Gasteiger partial charge in [-0.1, -0.05) is 0 Å². The van der Waals surface area contributed by atoms with Gasteiger partial charge in [0.25, 0.3) is 0 Å². The molecule has 0 amide bonds. The van der Waals surface area contributed by atoms with E-state index >= 15 is 0 Å². The van der Waals surface area contributed by atoms with Gasteiger partial charge in [-0.3, -0.25) is 9.48 Å². The van der Waals surface area contributed by atoms with Crippen LogP contribution < -0.4 is 5.32 Å². The third-order valence-corrected chi connectivity index (χ3v) is 1.82. The van der Waals surface area contributed by atoms with Gasteiger partial charge in [-0.15, -0.1) is 0 Å². The Morgan fingerprint density at radius 3 is 3.00 bits per heavy atom. The summed E-state index contributed by atoms with van der Waals surface area (Å²) in [6, 6.07) is 0.0478. The lowest BCUT2D eigenvalue weighted by Gasteiger charge is -2.11. The first kappa shape index (κ1) is 10.6. The van der Waals surface area contributed by atoms with E-state index in [2.05, 4.69) is 15.2 Å². The van der Waals surface area contributed by atoms with E-state index in [0.717, 1.165) is 5.69 Å². The van der Waals surface area contributed by atoms with Crippen molar-refractivity contribution in [2.24, 2.45) is 7.05 Å². The maximum atomic E-state index is 10.9. The smallest absolute Gasteiger partial charge is 0.307 e. The SMILES string of the molecule is COC(=O)CC(C)Nc1cnn(C)c1. The van der Waals surface area contributed by atoms with Crippen LogP contribution in [0.4, 0.5) is 5.69 Å². The van der Waals surface area contributed by atoms with Gasteiger partial charge in [0.05, 0.1) is 25.4 Å². The van der Waals surface area contributed by atoms with Gasteiger partial charge in [0.1, 0.15) is 0 Å². The second-order valence-electron chi connectivity index (χ2n) is 3.23. The molecule has 0 fully saturated rings. The standard InChI is InChI=1S/C9H15N3O2/c1-7(4-9(13)14-3)11-8-5-10-12(2)6-8/h5-7,11H,4H2,1-3H3. The molecule has 0 bridgehead atoms. The molecule has 1 rings (SSSR count). The molecule has 0 aliphatic heterocycles. The number of esters is 1. The highest BCUT2D eigenvalue weighted by Crippen LogP contribution is 2.07. The van der Waals surface area contributed by atoms with Crippen LogP contribution in [0.2, 0.25) is 0 Å². The minimum atomic E-state index is -0.214. The molecule has 0 aliphatic rings. The van der Waals surface area contributed by atoms with Crippen LogP contribution in [0.5, 0.6) is 0 Å². The van der Waals surface area contributed by atoms with E-state index in [1.165, 1.54) is 7.11 Å². The Morgan fingerprint density at radius 1 is 1.79 bits per heavy atom. The van der Waals surface area contributed by atoms with Crippen LogP contribution in [0.25, 0.3) is 0 Å². The van der Waals surface area contributed by atoms with Crippen molar-refractivity contribution in [1.29, 1.82) is 0 Å². The largest absolute Gasteiger partial charge is 0.469 e. The first-order chi connectivity index (χ1) is 6.61. The number of nitrogens with one attached hydrogen (secondary N) is 1. The zero-order valence-corrected chi connectivity index (χ0v) is 8.65. The predicted molar refractivity (Wildman–Crippen MR) is 52.9 cm³/mol. The van der Waals surface area contributed by atoms with E-state index in [4.69, 9.17) is 0 Å². The minimum absolute atomic E-state index is 0.0478. The Balaban J connectivity index is 2.41. The summed E-state index contributed by atoms with van der Waals surface area (Å²) in [6.45, 7) is 1.92. The molecule has 1 heterocycles. The van der Waals surface area contributed by atoms with Crippen molar-refractivity contribution in [1.82, 2.24) is 9.78 Å². The molecule has 78 valence electrons. The number of anilines is 1. The summed E-state index contributed by atoms with van der Waals surface area (Å²) in [4.78, 5) is 10.9.